The first-order chi connectivity index (χ1) is 9.09. The number of carbonyl (C=O) groups is 2. The number of carbonyl (C=O) groups excluding carboxylic acids is 1. The van der Waals surface area contributed by atoms with Gasteiger partial charge in [-0.3, -0.25) is 9.59 Å². The first-order valence-corrected chi connectivity index (χ1v) is 6.64. The van der Waals surface area contributed by atoms with Crippen LogP contribution in [0.2, 0.25) is 0 Å². The minimum Gasteiger partial charge on any atom is -0.481 e. The Hall–Kier alpha value is -1.78. The Morgan fingerprint density at radius 1 is 1.42 bits per heavy atom. The standard InChI is InChI=1S/C14H19NO4/c1-9-6-7-19-12(9)13(16)15-8-10-4-2-3-5-11(10)14(17)18/h6-7,10-11H,2-5,8H2,1H3,(H,15,16)(H,17,18). The molecule has 1 aliphatic rings. The Balaban J connectivity index is 1.92. The minimum atomic E-state index is -0.756. The molecule has 1 fully saturated rings. The molecule has 1 saturated carbocycles. The van der Waals surface area contributed by atoms with Crippen molar-refractivity contribution in [3.8, 4) is 0 Å². The van der Waals surface area contributed by atoms with Gasteiger partial charge in [0, 0.05) is 12.1 Å². The normalized spacial score (nSPS) is 23.0. The molecule has 2 rings (SSSR count). The zero-order valence-electron chi connectivity index (χ0n) is 11.0. The summed E-state index contributed by atoms with van der Waals surface area (Å²) in [4.78, 5) is 23.1. The van der Waals surface area contributed by atoms with Crippen LogP contribution in [0.4, 0.5) is 0 Å². The van der Waals surface area contributed by atoms with E-state index < -0.39 is 5.97 Å². The monoisotopic (exact) mass is 265 g/mol. The van der Waals surface area contributed by atoms with E-state index in [1.54, 1.807) is 13.0 Å². The molecule has 1 amide bonds. The number of rotatable bonds is 4. The van der Waals surface area contributed by atoms with E-state index in [9.17, 15) is 14.7 Å². The van der Waals surface area contributed by atoms with Gasteiger partial charge < -0.3 is 14.8 Å². The molecule has 104 valence electrons. The molecule has 2 atom stereocenters. The van der Waals surface area contributed by atoms with Crippen molar-refractivity contribution in [1.29, 1.82) is 0 Å². The minimum absolute atomic E-state index is 0.0190. The molecule has 1 aromatic heterocycles. The quantitative estimate of drug-likeness (QED) is 0.874. The highest BCUT2D eigenvalue weighted by Gasteiger charge is 2.31. The number of hydrogen-bond acceptors (Lipinski definition) is 3. The lowest BCUT2D eigenvalue weighted by Gasteiger charge is -2.28. The molecule has 1 aliphatic carbocycles. The summed E-state index contributed by atoms with van der Waals surface area (Å²) in [5.74, 6) is -1.04. The Kier molecular flexibility index (Phi) is 4.24. The summed E-state index contributed by atoms with van der Waals surface area (Å²) >= 11 is 0. The fraction of sp³-hybridized carbons (Fsp3) is 0.571. The van der Waals surface area contributed by atoms with Crippen LogP contribution in [0.15, 0.2) is 16.7 Å². The van der Waals surface area contributed by atoms with Gasteiger partial charge in [-0.05, 0) is 31.7 Å². The zero-order chi connectivity index (χ0) is 13.8. The van der Waals surface area contributed by atoms with Crippen LogP contribution in [0, 0.1) is 18.8 Å². The molecule has 0 radical (unpaired) electrons. The molecule has 2 N–H and O–H groups in total. The van der Waals surface area contributed by atoms with Crippen molar-refractivity contribution in [2.75, 3.05) is 6.54 Å². The molecule has 1 heterocycles. The van der Waals surface area contributed by atoms with Gasteiger partial charge in [0.25, 0.3) is 5.91 Å². The van der Waals surface area contributed by atoms with E-state index >= 15 is 0 Å². The lowest BCUT2D eigenvalue weighted by atomic mass is 9.79. The van der Waals surface area contributed by atoms with Crippen molar-refractivity contribution >= 4 is 11.9 Å². The van der Waals surface area contributed by atoms with Gasteiger partial charge >= 0.3 is 5.97 Å². The van der Waals surface area contributed by atoms with Gasteiger partial charge in [0.15, 0.2) is 5.76 Å². The Morgan fingerprint density at radius 3 is 2.79 bits per heavy atom. The maximum atomic E-state index is 11.9. The number of nitrogens with one attached hydrogen (secondary N) is 1. The van der Waals surface area contributed by atoms with E-state index in [0.717, 1.165) is 24.8 Å². The third-order valence-corrected chi connectivity index (χ3v) is 3.82. The van der Waals surface area contributed by atoms with Crippen molar-refractivity contribution in [2.45, 2.75) is 32.6 Å². The van der Waals surface area contributed by atoms with E-state index in [2.05, 4.69) is 5.32 Å². The van der Waals surface area contributed by atoms with Crippen LogP contribution < -0.4 is 5.32 Å². The Bertz CT molecular complexity index is 466. The van der Waals surface area contributed by atoms with Crippen LogP contribution in [-0.4, -0.2) is 23.5 Å². The number of carboxylic acid groups (broad SMARTS) is 1. The second kappa shape index (κ2) is 5.91. The number of carboxylic acids is 1. The average Bonchev–Trinajstić information content (AvgIpc) is 2.82. The van der Waals surface area contributed by atoms with Gasteiger partial charge in [0.1, 0.15) is 0 Å². The van der Waals surface area contributed by atoms with Gasteiger partial charge in [-0.1, -0.05) is 12.8 Å². The van der Waals surface area contributed by atoms with Crippen molar-refractivity contribution in [3.05, 3.63) is 23.7 Å². The second-order valence-electron chi connectivity index (χ2n) is 5.13. The number of aryl methyl sites for hydroxylation is 1. The van der Waals surface area contributed by atoms with E-state index in [4.69, 9.17) is 4.42 Å². The third kappa shape index (κ3) is 3.16. The fourth-order valence-corrected chi connectivity index (χ4v) is 2.69. The van der Waals surface area contributed by atoms with Crippen LogP contribution in [-0.2, 0) is 4.79 Å². The molecule has 0 bridgehead atoms. The van der Waals surface area contributed by atoms with Crippen LogP contribution in [0.3, 0.4) is 0 Å². The van der Waals surface area contributed by atoms with E-state index in [0.29, 0.717) is 18.7 Å². The second-order valence-corrected chi connectivity index (χ2v) is 5.13. The molecule has 19 heavy (non-hydrogen) atoms. The number of amides is 1. The summed E-state index contributed by atoms with van der Waals surface area (Å²) in [5, 5.41) is 12.0. The van der Waals surface area contributed by atoms with Crippen LogP contribution in [0.5, 0.6) is 0 Å². The van der Waals surface area contributed by atoms with Crippen LogP contribution >= 0.6 is 0 Å². The Labute approximate surface area is 112 Å². The largest absolute Gasteiger partial charge is 0.481 e. The predicted molar refractivity (Wildman–Crippen MR) is 68.9 cm³/mol. The van der Waals surface area contributed by atoms with Crippen LogP contribution in [0.1, 0.15) is 41.8 Å². The SMILES string of the molecule is Cc1ccoc1C(=O)NCC1CCCCC1C(=O)O. The van der Waals surface area contributed by atoms with Gasteiger partial charge in [-0.25, -0.2) is 0 Å². The van der Waals surface area contributed by atoms with Crippen molar-refractivity contribution in [2.24, 2.45) is 11.8 Å². The zero-order valence-corrected chi connectivity index (χ0v) is 11.0. The maximum Gasteiger partial charge on any atom is 0.306 e. The molecule has 2 unspecified atom stereocenters. The number of aliphatic carboxylic acids is 1. The number of hydrogen-bond donors (Lipinski definition) is 2. The summed E-state index contributed by atoms with van der Waals surface area (Å²) < 4.78 is 5.11. The van der Waals surface area contributed by atoms with Crippen molar-refractivity contribution in [1.82, 2.24) is 5.32 Å². The van der Waals surface area contributed by atoms with Crippen LogP contribution in [0.25, 0.3) is 0 Å². The topological polar surface area (TPSA) is 79.5 Å². The lowest BCUT2D eigenvalue weighted by molar-refractivity contribution is -0.144. The van der Waals surface area contributed by atoms with Crippen molar-refractivity contribution in [3.63, 3.8) is 0 Å². The van der Waals surface area contributed by atoms with Gasteiger partial charge in [-0.2, -0.15) is 0 Å². The number of furan rings is 1. The highest BCUT2D eigenvalue weighted by molar-refractivity contribution is 5.92. The average molecular weight is 265 g/mol. The maximum absolute atomic E-state index is 11.9. The van der Waals surface area contributed by atoms with E-state index in [-0.39, 0.29) is 17.7 Å². The molecule has 1 aromatic rings. The summed E-state index contributed by atoms with van der Waals surface area (Å²) in [6, 6.07) is 1.73. The molecule has 0 saturated heterocycles. The highest BCUT2D eigenvalue weighted by atomic mass is 16.4. The van der Waals surface area contributed by atoms with Gasteiger partial charge in [0.2, 0.25) is 0 Å². The van der Waals surface area contributed by atoms with Crippen molar-refractivity contribution < 1.29 is 19.1 Å². The predicted octanol–water partition coefficient (Wildman–Crippen LogP) is 2.21. The molecule has 0 spiro atoms. The third-order valence-electron chi connectivity index (χ3n) is 3.82. The molecule has 5 heteroatoms. The molecule has 0 aliphatic heterocycles. The lowest BCUT2D eigenvalue weighted by Crippen LogP contribution is -2.37. The summed E-state index contributed by atoms with van der Waals surface area (Å²) in [6.07, 6.45) is 5.03. The molecule has 5 nitrogen and oxygen atoms in total. The highest BCUT2D eigenvalue weighted by Crippen LogP contribution is 2.29. The first-order valence-electron chi connectivity index (χ1n) is 6.64. The smallest absolute Gasteiger partial charge is 0.306 e. The summed E-state index contributed by atoms with van der Waals surface area (Å²) in [7, 11) is 0. The first kappa shape index (κ1) is 13.6. The molecule has 0 aromatic carbocycles. The summed E-state index contributed by atoms with van der Waals surface area (Å²) in [5.41, 5.74) is 0.788. The van der Waals surface area contributed by atoms with Gasteiger partial charge in [-0.15, -0.1) is 0 Å². The molecular weight excluding hydrogens is 246 g/mol. The van der Waals surface area contributed by atoms with E-state index in [1.165, 1.54) is 6.26 Å². The Morgan fingerprint density at radius 2 is 2.16 bits per heavy atom. The van der Waals surface area contributed by atoms with E-state index in [1.807, 2.05) is 0 Å². The summed E-state index contributed by atoms with van der Waals surface area (Å²) in [6.45, 7) is 2.20. The van der Waals surface area contributed by atoms with Gasteiger partial charge in [0.05, 0.1) is 12.2 Å². The fourth-order valence-electron chi connectivity index (χ4n) is 2.69. The molecular formula is C14H19NO4.